The monoisotopic (exact) mass is 170 g/mol. The second-order valence-electron chi connectivity index (χ2n) is 2.82. The highest BCUT2D eigenvalue weighted by atomic mass is 16.4. The van der Waals surface area contributed by atoms with Gasteiger partial charge < -0.3 is 20.2 Å². The molecule has 2 aliphatic rings. The van der Waals surface area contributed by atoms with E-state index in [4.69, 9.17) is 10.4 Å². The Kier molecular flexibility index (Phi) is 1.53. The Labute approximate surface area is 69.4 Å². The van der Waals surface area contributed by atoms with Gasteiger partial charge in [0.1, 0.15) is 0 Å². The molecule has 0 spiro atoms. The molecule has 12 heavy (non-hydrogen) atoms. The molecule has 2 saturated heterocycles. The second-order valence-corrected chi connectivity index (χ2v) is 2.82. The minimum atomic E-state index is 0.370. The van der Waals surface area contributed by atoms with Gasteiger partial charge in [-0.25, -0.2) is 0 Å². The molecule has 0 amide bonds. The third-order valence-corrected chi connectivity index (χ3v) is 1.88. The first-order valence-electron chi connectivity index (χ1n) is 3.81. The van der Waals surface area contributed by atoms with E-state index in [0.29, 0.717) is 11.7 Å². The third-order valence-electron chi connectivity index (χ3n) is 1.88. The summed E-state index contributed by atoms with van der Waals surface area (Å²) in [5.74, 6) is 0.741. The van der Waals surface area contributed by atoms with Crippen molar-refractivity contribution < 1.29 is 10.4 Å². The van der Waals surface area contributed by atoms with Crippen LogP contribution in [0.5, 0.6) is 0 Å². The molecule has 0 aliphatic carbocycles. The molecule has 2 N–H and O–H groups in total. The van der Waals surface area contributed by atoms with Crippen molar-refractivity contribution in [2.45, 2.75) is 0 Å². The van der Waals surface area contributed by atoms with Crippen LogP contribution in [-0.2, 0) is 0 Å². The van der Waals surface area contributed by atoms with Gasteiger partial charge in [0.25, 0.3) is 0 Å². The van der Waals surface area contributed by atoms with E-state index < -0.39 is 0 Å². The molecule has 2 rings (SSSR count). The second kappa shape index (κ2) is 2.54. The average molecular weight is 170 g/mol. The lowest BCUT2D eigenvalue weighted by molar-refractivity contribution is 0.306. The third kappa shape index (κ3) is 1.15. The standard InChI is InChI=1S/C6H10N4O2/c11-7-5(9-1-2-9)6(8-12)10-3-4-10/h11-12H,1-4H2/b7-5+,8-6+. The van der Waals surface area contributed by atoms with E-state index >= 15 is 0 Å². The Morgan fingerprint density at radius 2 is 1.17 bits per heavy atom. The lowest BCUT2D eigenvalue weighted by Gasteiger charge is -2.07. The van der Waals surface area contributed by atoms with E-state index in [2.05, 4.69) is 10.3 Å². The molecule has 66 valence electrons. The van der Waals surface area contributed by atoms with Crippen molar-refractivity contribution in [3.63, 3.8) is 0 Å². The van der Waals surface area contributed by atoms with Gasteiger partial charge in [0.15, 0.2) is 0 Å². The highest BCUT2D eigenvalue weighted by molar-refractivity contribution is 6.40. The van der Waals surface area contributed by atoms with Crippen LogP contribution in [-0.4, -0.2) is 58.1 Å². The summed E-state index contributed by atoms with van der Waals surface area (Å²) >= 11 is 0. The molecular formula is C6H10N4O2. The van der Waals surface area contributed by atoms with E-state index in [1.807, 2.05) is 9.80 Å². The van der Waals surface area contributed by atoms with Crippen LogP contribution < -0.4 is 0 Å². The molecule has 6 heteroatoms. The van der Waals surface area contributed by atoms with Crippen LogP contribution >= 0.6 is 0 Å². The van der Waals surface area contributed by atoms with Crippen molar-refractivity contribution in [3.8, 4) is 0 Å². The first-order valence-corrected chi connectivity index (χ1v) is 3.81. The van der Waals surface area contributed by atoms with Crippen LogP contribution in [0.3, 0.4) is 0 Å². The number of hydrogen-bond acceptors (Lipinski definition) is 4. The predicted molar refractivity (Wildman–Crippen MR) is 41.6 cm³/mol. The van der Waals surface area contributed by atoms with Gasteiger partial charge in [-0.1, -0.05) is 10.3 Å². The van der Waals surface area contributed by atoms with E-state index in [0.717, 1.165) is 26.2 Å². The minimum absolute atomic E-state index is 0.370. The van der Waals surface area contributed by atoms with Crippen LogP contribution in [0.2, 0.25) is 0 Å². The Morgan fingerprint density at radius 1 is 0.833 bits per heavy atom. The van der Waals surface area contributed by atoms with Gasteiger partial charge in [-0.15, -0.1) is 0 Å². The highest BCUT2D eigenvalue weighted by Gasteiger charge is 2.34. The van der Waals surface area contributed by atoms with E-state index in [1.165, 1.54) is 0 Å². The first-order chi connectivity index (χ1) is 5.86. The quantitative estimate of drug-likeness (QED) is 0.164. The highest BCUT2D eigenvalue weighted by Crippen LogP contribution is 2.13. The maximum absolute atomic E-state index is 8.64. The lowest BCUT2D eigenvalue weighted by atomic mass is 10.5. The van der Waals surface area contributed by atoms with E-state index in [-0.39, 0.29) is 0 Å². The number of oxime groups is 2. The van der Waals surface area contributed by atoms with Crippen molar-refractivity contribution >= 4 is 11.7 Å². The van der Waals surface area contributed by atoms with Crippen LogP contribution in [0, 0.1) is 0 Å². The van der Waals surface area contributed by atoms with Crippen LogP contribution in [0.15, 0.2) is 10.3 Å². The fourth-order valence-electron chi connectivity index (χ4n) is 1.02. The van der Waals surface area contributed by atoms with Gasteiger partial charge >= 0.3 is 0 Å². The fourth-order valence-corrected chi connectivity index (χ4v) is 1.02. The molecule has 0 bridgehead atoms. The first kappa shape index (κ1) is 7.20. The normalized spacial score (nSPS) is 23.0. The summed E-state index contributed by atoms with van der Waals surface area (Å²) in [6.45, 7) is 3.47. The number of nitrogens with zero attached hydrogens (tertiary/aromatic N) is 4. The lowest BCUT2D eigenvalue weighted by Crippen LogP contribution is -2.29. The van der Waals surface area contributed by atoms with Crippen LogP contribution in [0.4, 0.5) is 0 Å². The van der Waals surface area contributed by atoms with Crippen molar-refractivity contribution in [1.82, 2.24) is 9.80 Å². The predicted octanol–water partition coefficient (Wildman–Crippen LogP) is -0.807. The molecule has 0 atom stereocenters. The van der Waals surface area contributed by atoms with Crippen molar-refractivity contribution in [2.75, 3.05) is 26.2 Å². The Balaban J connectivity index is 2.12. The number of rotatable bonds is 0. The van der Waals surface area contributed by atoms with E-state index in [1.54, 1.807) is 0 Å². The molecular weight excluding hydrogens is 160 g/mol. The molecule has 6 nitrogen and oxygen atoms in total. The molecule has 2 heterocycles. The Bertz CT molecular complexity index is 216. The zero-order chi connectivity index (χ0) is 8.55. The smallest absolute Gasteiger partial charge is 0.214 e. The largest absolute Gasteiger partial charge is 0.409 e. The number of amidine groups is 2. The topological polar surface area (TPSA) is 71.2 Å². The van der Waals surface area contributed by atoms with Crippen LogP contribution in [0.25, 0.3) is 0 Å². The SMILES string of the molecule is O/N=C(\C(=N/O)N1CC1)N1CC1. The van der Waals surface area contributed by atoms with Gasteiger partial charge in [-0.3, -0.25) is 0 Å². The Morgan fingerprint density at radius 3 is 1.33 bits per heavy atom. The maximum Gasteiger partial charge on any atom is 0.214 e. The molecule has 0 aromatic heterocycles. The summed E-state index contributed by atoms with van der Waals surface area (Å²) in [6.07, 6.45) is 0. The molecule has 0 saturated carbocycles. The summed E-state index contributed by atoms with van der Waals surface area (Å²) in [4.78, 5) is 3.65. The Hall–Kier alpha value is -1.46. The molecule has 0 radical (unpaired) electrons. The average Bonchev–Trinajstić information content (AvgIpc) is 2.85. The summed E-state index contributed by atoms with van der Waals surface area (Å²) in [5, 5.41) is 23.5. The summed E-state index contributed by atoms with van der Waals surface area (Å²) in [6, 6.07) is 0. The molecule has 2 aliphatic heterocycles. The summed E-state index contributed by atoms with van der Waals surface area (Å²) in [7, 11) is 0. The van der Waals surface area contributed by atoms with Gasteiger partial charge in [-0.2, -0.15) is 0 Å². The van der Waals surface area contributed by atoms with Crippen molar-refractivity contribution in [3.05, 3.63) is 0 Å². The number of hydrogen-bond donors (Lipinski definition) is 2. The van der Waals surface area contributed by atoms with Crippen LogP contribution in [0.1, 0.15) is 0 Å². The van der Waals surface area contributed by atoms with Gasteiger partial charge in [-0.05, 0) is 0 Å². The van der Waals surface area contributed by atoms with Gasteiger partial charge in [0.05, 0.1) is 0 Å². The van der Waals surface area contributed by atoms with E-state index in [9.17, 15) is 0 Å². The van der Waals surface area contributed by atoms with Crippen molar-refractivity contribution in [1.29, 1.82) is 0 Å². The molecule has 0 unspecified atom stereocenters. The minimum Gasteiger partial charge on any atom is -0.409 e. The molecule has 0 aromatic rings. The zero-order valence-corrected chi connectivity index (χ0v) is 6.51. The zero-order valence-electron chi connectivity index (χ0n) is 6.51. The van der Waals surface area contributed by atoms with Crippen molar-refractivity contribution in [2.24, 2.45) is 10.3 Å². The van der Waals surface area contributed by atoms with Gasteiger partial charge in [0.2, 0.25) is 11.7 Å². The molecule has 2 fully saturated rings. The fraction of sp³-hybridized carbons (Fsp3) is 0.667. The molecule has 0 aromatic carbocycles. The van der Waals surface area contributed by atoms with Gasteiger partial charge in [0, 0.05) is 26.2 Å². The maximum atomic E-state index is 8.64. The summed E-state index contributed by atoms with van der Waals surface area (Å²) in [5.41, 5.74) is 0. The summed E-state index contributed by atoms with van der Waals surface area (Å²) < 4.78 is 0.